The van der Waals surface area contributed by atoms with Gasteiger partial charge >= 0.3 is 0 Å². The number of hydrogen-bond acceptors (Lipinski definition) is 4. The predicted molar refractivity (Wildman–Crippen MR) is 73.2 cm³/mol. The zero-order valence-electron chi connectivity index (χ0n) is 12.1. The van der Waals surface area contributed by atoms with Crippen LogP contribution < -0.4 is 0 Å². The summed E-state index contributed by atoms with van der Waals surface area (Å²) < 4.78 is 5.22. The fourth-order valence-electron chi connectivity index (χ4n) is 4.98. The molecule has 2 bridgehead atoms. The van der Waals surface area contributed by atoms with Crippen molar-refractivity contribution in [3.63, 3.8) is 0 Å². The minimum atomic E-state index is 0.0133. The van der Waals surface area contributed by atoms with E-state index >= 15 is 0 Å². The van der Waals surface area contributed by atoms with E-state index in [1.807, 2.05) is 0 Å². The Kier molecular flexibility index (Phi) is 2.52. The van der Waals surface area contributed by atoms with Gasteiger partial charge in [0.15, 0.2) is 6.39 Å². The molecule has 3 aliphatic rings. The molecule has 0 radical (unpaired) electrons. The minimum Gasteiger partial charge on any atom is -0.438 e. The van der Waals surface area contributed by atoms with Crippen molar-refractivity contribution < 1.29 is 9.21 Å². The van der Waals surface area contributed by atoms with Crippen LogP contribution in [0.1, 0.15) is 43.2 Å². The first-order valence-corrected chi connectivity index (χ1v) is 7.52. The summed E-state index contributed by atoms with van der Waals surface area (Å²) in [7, 11) is 2.23. The standard InChI is InChI=1S/C15H21N3O2/c1-15-6-10-8-18(14(19)11-7-16-9-20-11)13(15)5-3-4-12(15)17(10)2/h7,9-10,12-13H,3-6,8H2,1-2H3/t10-,12-,13+,15-/m0/s1. The number of likely N-dealkylation sites (tertiary alicyclic amines) is 2. The number of piperidine rings is 1. The predicted octanol–water partition coefficient (Wildman–Crippen LogP) is 1.76. The second-order valence-electron chi connectivity index (χ2n) is 6.81. The lowest BCUT2D eigenvalue weighted by molar-refractivity contribution is 0.00971. The van der Waals surface area contributed by atoms with E-state index in [2.05, 4.69) is 28.8 Å². The van der Waals surface area contributed by atoms with E-state index in [9.17, 15) is 4.79 Å². The molecule has 20 heavy (non-hydrogen) atoms. The van der Waals surface area contributed by atoms with E-state index in [1.54, 1.807) is 0 Å². The van der Waals surface area contributed by atoms with Crippen LogP contribution in [0.15, 0.2) is 17.0 Å². The molecule has 0 N–H and O–H groups in total. The van der Waals surface area contributed by atoms with Gasteiger partial charge in [0, 0.05) is 30.1 Å². The molecule has 5 nitrogen and oxygen atoms in total. The molecule has 0 aromatic carbocycles. The van der Waals surface area contributed by atoms with Gasteiger partial charge in [-0.25, -0.2) is 4.98 Å². The first-order chi connectivity index (χ1) is 9.61. The molecule has 1 aromatic heterocycles. The molecule has 0 spiro atoms. The van der Waals surface area contributed by atoms with E-state index in [4.69, 9.17) is 4.42 Å². The van der Waals surface area contributed by atoms with Gasteiger partial charge in [0.25, 0.3) is 5.91 Å². The molecular formula is C15H21N3O2. The quantitative estimate of drug-likeness (QED) is 0.783. The summed E-state index contributed by atoms with van der Waals surface area (Å²) in [4.78, 5) is 21.2. The van der Waals surface area contributed by atoms with Crippen molar-refractivity contribution in [3.05, 3.63) is 18.4 Å². The van der Waals surface area contributed by atoms with Crippen molar-refractivity contribution in [2.45, 2.75) is 50.7 Å². The second kappa shape index (κ2) is 4.07. The number of amides is 1. The Bertz CT molecular complexity index is 529. The Morgan fingerprint density at radius 2 is 2.25 bits per heavy atom. The van der Waals surface area contributed by atoms with E-state index in [1.165, 1.54) is 31.9 Å². The Hall–Kier alpha value is -1.36. The summed E-state index contributed by atoms with van der Waals surface area (Å²) in [6, 6.07) is 1.46. The number of rotatable bonds is 1. The second-order valence-corrected chi connectivity index (χ2v) is 6.81. The number of likely N-dealkylation sites (N-methyl/N-ethyl adjacent to an activating group) is 1. The monoisotopic (exact) mass is 275 g/mol. The molecule has 1 aliphatic carbocycles. The van der Waals surface area contributed by atoms with Crippen LogP contribution in [0.5, 0.6) is 0 Å². The van der Waals surface area contributed by atoms with Gasteiger partial charge in [0.2, 0.25) is 5.76 Å². The van der Waals surface area contributed by atoms with Crippen LogP contribution in [0.2, 0.25) is 0 Å². The lowest BCUT2D eigenvalue weighted by Gasteiger charge is -2.50. The lowest BCUT2D eigenvalue weighted by Crippen LogP contribution is -2.57. The minimum absolute atomic E-state index is 0.0133. The SMILES string of the molecule is CN1[C@@H]2CN(C(=O)c3cnco3)[C@@H]3CCC[C@H]1[C@]3(C)C2. The number of carbonyl (C=O) groups excluding carboxylic acids is 1. The molecule has 3 fully saturated rings. The normalized spacial score (nSPS) is 40.1. The van der Waals surface area contributed by atoms with Crippen LogP contribution in [0, 0.1) is 5.41 Å². The van der Waals surface area contributed by atoms with Crippen LogP contribution in [0.3, 0.4) is 0 Å². The summed E-state index contributed by atoms with van der Waals surface area (Å²) >= 11 is 0. The highest BCUT2D eigenvalue weighted by Gasteiger charge is 2.59. The summed E-state index contributed by atoms with van der Waals surface area (Å²) in [5.74, 6) is 0.388. The Labute approximate surface area is 118 Å². The van der Waals surface area contributed by atoms with Crippen molar-refractivity contribution in [3.8, 4) is 0 Å². The molecule has 1 aromatic rings. The zero-order chi connectivity index (χ0) is 13.9. The smallest absolute Gasteiger partial charge is 0.291 e. The highest BCUT2D eigenvalue weighted by atomic mass is 16.3. The maximum Gasteiger partial charge on any atom is 0.291 e. The van der Waals surface area contributed by atoms with Gasteiger partial charge in [0.1, 0.15) is 0 Å². The van der Waals surface area contributed by atoms with Gasteiger partial charge < -0.3 is 9.32 Å². The number of aromatic nitrogens is 1. The summed E-state index contributed by atoms with van der Waals surface area (Å²) in [5, 5.41) is 0. The summed E-state index contributed by atoms with van der Waals surface area (Å²) in [5.41, 5.74) is 0.242. The van der Waals surface area contributed by atoms with E-state index < -0.39 is 0 Å². The average molecular weight is 275 g/mol. The number of nitrogens with zero attached hydrogens (tertiary/aromatic N) is 3. The number of carbonyl (C=O) groups is 1. The van der Waals surface area contributed by atoms with E-state index in [-0.39, 0.29) is 11.3 Å². The Morgan fingerprint density at radius 3 is 3.00 bits per heavy atom. The lowest BCUT2D eigenvalue weighted by atomic mass is 9.66. The molecule has 2 aliphatic heterocycles. The van der Waals surface area contributed by atoms with E-state index in [0.717, 1.165) is 13.0 Å². The molecule has 1 saturated carbocycles. The summed E-state index contributed by atoms with van der Waals surface area (Å²) in [6.45, 7) is 3.20. The highest BCUT2D eigenvalue weighted by Crippen LogP contribution is 2.53. The van der Waals surface area contributed by atoms with Gasteiger partial charge in [0.05, 0.1) is 6.20 Å². The van der Waals surface area contributed by atoms with Crippen LogP contribution in [-0.4, -0.2) is 52.4 Å². The third-order valence-electron chi connectivity index (χ3n) is 5.91. The van der Waals surface area contributed by atoms with Crippen molar-refractivity contribution in [2.24, 2.45) is 5.41 Å². The first kappa shape index (κ1) is 12.4. The number of oxazole rings is 1. The fraction of sp³-hybridized carbons (Fsp3) is 0.733. The van der Waals surface area contributed by atoms with Gasteiger partial charge in [-0.05, 0) is 32.7 Å². The largest absolute Gasteiger partial charge is 0.438 e. The zero-order valence-corrected chi connectivity index (χ0v) is 12.1. The van der Waals surface area contributed by atoms with Crippen LogP contribution in [-0.2, 0) is 0 Å². The highest BCUT2D eigenvalue weighted by molar-refractivity contribution is 5.91. The van der Waals surface area contributed by atoms with Crippen molar-refractivity contribution >= 4 is 5.91 Å². The maximum absolute atomic E-state index is 12.7. The summed E-state index contributed by atoms with van der Waals surface area (Å²) in [6.07, 6.45) is 7.69. The van der Waals surface area contributed by atoms with Crippen molar-refractivity contribution in [1.82, 2.24) is 14.8 Å². The van der Waals surface area contributed by atoms with Gasteiger partial charge in [-0.2, -0.15) is 0 Å². The topological polar surface area (TPSA) is 49.6 Å². The van der Waals surface area contributed by atoms with Crippen LogP contribution in [0.25, 0.3) is 0 Å². The Balaban J connectivity index is 1.71. The molecule has 1 amide bonds. The van der Waals surface area contributed by atoms with Gasteiger partial charge in [-0.3, -0.25) is 9.69 Å². The van der Waals surface area contributed by atoms with Crippen molar-refractivity contribution in [2.75, 3.05) is 13.6 Å². The van der Waals surface area contributed by atoms with Gasteiger partial charge in [-0.1, -0.05) is 6.92 Å². The average Bonchev–Trinajstić information content (AvgIpc) is 3.04. The van der Waals surface area contributed by atoms with Crippen LogP contribution >= 0.6 is 0 Å². The molecule has 5 heteroatoms. The van der Waals surface area contributed by atoms with Crippen molar-refractivity contribution in [1.29, 1.82) is 0 Å². The molecule has 0 unspecified atom stereocenters. The molecular weight excluding hydrogens is 254 g/mol. The fourth-order valence-corrected chi connectivity index (χ4v) is 4.98. The van der Waals surface area contributed by atoms with E-state index in [0.29, 0.717) is 23.9 Å². The first-order valence-electron chi connectivity index (χ1n) is 7.52. The molecule has 4 rings (SSSR count). The molecule has 2 saturated heterocycles. The third kappa shape index (κ3) is 1.47. The molecule has 4 atom stereocenters. The third-order valence-corrected chi connectivity index (χ3v) is 5.91. The number of hydrogen-bond donors (Lipinski definition) is 0. The van der Waals surface area contributed by atoms with Crippen LogP contribution in [0.4, 0.5) is 0 Å². The Morgan fingerprint density at radius 1 is 1.45 bits per heavy atom. The number of fused-ring (bicyclic) bond motifs is 1. The van der Waals surface area contributed by atoms with Gasteiger partial charge in [-0.15, -0.1) is 0 Å². The maximum atomic E-state index is 12.7. The molecule has 3 heterocycles. The molecule has 108 valence electrons.